The standard InChI is InChI=1S/C19H19ClFN3O/c1-22-13-24-11-10-23-12-19(14-6-8-15(21)9-7-14)18(25-19)16-4-2-3-5-17(16)20/h2-9,11,13,18,23H,10,12H2,1H3. The molecule has 3 rings (SSSR count). The Kier molecular flexibility index (Phi) is 5.58. The number of aliphatic imine (C=N–C) groups is 2. The minimum absolute atomic E-state index is 0.173. The summed E-state index contributed by atoms with van der Waals surface area (Å²) in [7, 11) is 1.67. The van der Waals surface area contributed by atoms with E-state index < -0.39 is 5.60 Å². The molecule has 0 aromatic heterocycles. The highest BCUT2D eigenvalue weighted by atomic mass is 35.5. The molecule has 1 aliphatic heterocycles. The Labute approximate surface area is 151 Å². The van der Waals surface area contributed by atoms with E-state index in [1.165, 1.54) is 18.5 Å². The fraction of sp³-hybridized carbons (Fsp3) is 0.263. The van der Waals surface area contributed by atoms with Crippen molar-refractivity contribution in [3.8, 4) is 0 Å². The van der Waals surface area contributed by atoms with Crippen molar-refractivity contribution in [2.24, 2.45) is 9.98 Å². The van der Waals surface area contributed by atoms with Gasteiger partial charge >= 0.3 is 0 Å². The maximum absolute atomic E-state index is 13.3. The number of epoxide rings is 1. The summed E-state index contributed by atoms with van der Waals surface area (Å²) in [5, 5.41) is 3.97. The molecule has 0 radical (unpaired) electrons. The van der Waals surface area contributed by atoms with Gasteiger partial charge in [0.1, 0.15) is 23.9 Å². The van der Waals surface area contributed by atoms with Gasteiger partial charge in [-0.15, -0.1) is 0 Å². The zero-order valence-electron chi connectivity index (χ0n) is 13.8. The van der Waals surface area contributed by atoms with Gasteiger partial charge in [0.05, 0.1) is 0 Å². The molecule has 0 aliphatic carbocycles. The number of rotatable bonds is 7. The highest BCUT2D eigenvalue weighted by molar-refractivity contribution is 6.31. The molecule has 2 aromatic rings. The summed E-state index contributed by atoms with van der Waals surface area (Å²) in [5.74, 6) is -0.271. The zero-order valence-corrected chi connectivity index (χ0v) is 14.6. The van der Waals surface area contributed by atoms with Crippen LogP contribution in [0.5, 0.6) is 0 Å². The van der Waals surface area contributed by atoms with E-state index in [-0.39, 0.29) is 11.9 Å². The molecule has 4 nitrogen and oxygen atoms in total. The average Bonchev–Trinajstić information content (AvgIpc) is 3.34. The Bertz CT molecular complexity index is 778. The summed E-state index contributed by atoms with van der Waals surface area (Å²) in [6.07, 6.45) is 3.05. The van der Waals surface area contributed by atoms with E-state index >= 15 is 0 Å². The number of halogens is 2. The van der Waals surface area contributed by atoms with Gasteiger partial charge in [-0.1, -0.05) is 41.9 Å². The molecule has 1 fully saturated rings. The van der Waals surface area contributed by atoms with E-state index in [1.807, 2.05) is 24.3 Å². The molecule has 6 heteroatoms. The van der Waals surface area contributed by atoms with Crippen molar-refractivity contribution in [1.29, 1.82) is 0 Å². The van der Waals surface area contributed by atoms with Gasteiger partial charge in [-0.25, -0.2) is 9.38 Å². The minimum Gasteiger partial charge on any atom is -0.354 e. The van der Waals surface area contributed by atoms with Gasteiger partial charge in [0, 0.05) is 36.9 Å². The normalized spacial score (nSPS) is 22.8. The predicted molar refractivity (Wildman–Crippen MR) is 99.1 cm³/mol. The van der Waals surface area contributed by atoms with E-state index in [1.54, 1.807) is 25.4 Å². The van der Waals surface area contributed by atoms with E-state index in [0.717, 1.165) is 11.1 Å². The number of hydrogen-bond donors (Lipinski definition) is 1. The lowest BCUT2D eigenvalue weighted by atomic mass is 9.91. The summed E-state index contributed by atoms with van der Waals surface area (Å²) in [6, 6.07) is 14.0. The maximum atomic E-state index is 13.3. The SMILES string of the molecule is CN=CN=CCNCC1(c2ccc(F)cc2)OC1c1ccccc1Cl. The monoisotopic (exact) mass is 359 g/mol. The Morgan fingerprint density at radius 2 is 2.00 bits per heavy atom. The third-order valence-electron chi connectivity index (χ3n) is 4.13. The quantitative estimate of drug-likeness (QED) is 0.354. The summed E-state index contributed by atoms with van der Waals surface area (Å²) in [4.78, 5) is 7.80. The number of nitrogens with zero attached hydrogens (tertiary/aromatic N) is 2. The lowest BCUT2D eigenvalue weighted by Crippen LogP contribution is -2.30. The Balaban J connectivity index is 1.79. The number of nitrogens with one attached hydrogen (secondary N) is 1. The second-order valence-corrected chi connectivity index (χ2v) is 6.16. The minimum atomic E-state index is -0.564. The van der Waals surface area contributed by atoms with Gasteiger partial charge in [-0.3, -0.25) is 4.99 Å². The van der Waals surface area contributed by atoms with Gasteiger partial charge in [0.25, 0.3) is 0 Å². The number of hydrogen-bond acceptors (Lipinski definition) is 3. The lowest BCUT2D eigenvalue weighted by molar-refractivity contribution is 0.290. The van der Waals surface area contributed by atoms with Crippen LogP contribution in [0.25, 0.3) is 0 Å². The first kappa shape index (κ1) is 17.7. The highest BCUT2D eigenvalue weighted by Gasteiger charge is 2.58. The lowest BCUT2D eigenvalue weighted by Gasteiger charge is -2.14. The Morgan fingerprint density at radius 3 is 2.72 bits per heavy atom. The molecule has 1 N–H and O–H groups in total. The average molecular weight is 360 g/mol. The summed E-state index contributed by atoms with van der Waals surface area (Å²) in [6.45, 7) is 1.14. The molecular weight excluding hydrogens is 341 g/mol. The first-order chi connectivity index (χ1) is 12.2. The molecule has 1 saturated heterocycles. The van der Waals surface area contributed by atoms with Crippen LogP contribution in [0.1, 0.15) is 17.2 Å². The van der Waals surface area contributed by atoms with Crippen molar-refractivity contribution in [3.05, 3.63) is 70.5 Å². The van der Waals surface area contributed by atoms with Gasteiger partial charge in [-0.2, -0.15) is 0 Å². The second-order valence-electron chi connectivity index (χ2n) is 5.75. The zero-order chi connectivity index (χ0) is 17.7. The van der Waals surface area contributed by atoms with Crippen LogP contribution in [0.3, 0.4) is 0 Å². The van der Waals surface area contributed by atoms with Crippen molar-refractivity contribution in [2.75, 3.05) is 20.1 Å². The summed E-state index contributed by atoms with van der Waals surface area (Å²) in [5.41, 5.74) is 1.28. The maximum Gasteiger partial charge on any atom is 0.137 e. The van der Waals surface area contributed by atoms with Crippen LogP contribution in [0.15, 0.2) is 58.5 Å². The summed E-state index contributed by atoms with van der Waals surface area (Å²) < 4.78 is 19.4. The Morgan fingerprint density at radius 1 is 1.24 bits per heavy atom. The van der Waals surface area contributed by atoms with Crippen molar-refractivity contribution in [1.82, 2.24) is 5.32 Å². The first-order valence-electron chi connectivity index (χ1n) is 7.98. The van der Waals surface area contributed by atoms with Crippen LogP contribution in [-0.2, 0) is 10.3 Å². The number of ether oxygens (including phenoxy) is 1. The largest absolute Gasteiger partial charge is 0.354 e. The van der Waals surface area contributed by atoms with Gasteiger partial charge in [0.15, 0.2) is 0 Å². The third kappa shape index (κ3) is 3.95. The molecular formula is C19H19ClFN3O. The van der Waals surface area contributed by atoms with Crippen LogP contribution in [0, 0.1) is 5.82 Å². The van der Waals surface area contributed by atoms with Crippen molar-refractivity contribution in [2.45, 2.75) is 11.7 Å². The van der Waals surface area contributed by atoms with Crippen LogP contribution in [-0.4, -0.2) is 32.7 Å². The molecule has 0 bridgehead atoms. The van der Waals surface area contributed by atoms with E-state index in [2.05, 4.69) is 15.3 Å². The first-order valence-corrected chi connectivity index (χ1v) is 8.36. The molecule has 2 unspecified atom stereocenters. The molecule has 130 valence electrons. The van der Waals surface area contributed by atoms with Crippen LogP contribution in [0.4, 0.5) is 4.39 Å². The van der Waals surface area contributed by atoms with Crippen LogP contribution in [0.2, 0.25) is 5.02 Å². The van der Waals surface area contributed by atoms with Gasteiger partial charge < -0.3 is 10.1 Å². The molecule has 2 aromatic carbocycles. The smallest absolute Gasteiger partial charge is 0.137 e. The molecule has 2 atom stereocenters. The molecule has 1 aliphatic rings. The van der Waals surface area contributed by atoms with Gasteiger partial charge in [0.2, 0.25) is 0 Å². The molecule has 1 heterocycles. The Hall–Kier alpha value is -2.08. The van der Waals surface area contributed by atoms with Crippen molar-refractivity contribution < 1.29 is 9.13 Å². The van der Waals surface area contributed by atoms with Crippen LogP contribution >= 0.6 is 11.6 Å². The summed E-state index contributed by atoms with van der Waals surface area (Å²) >= 11 is 6.32. The van der Waals surface area contributed by atoms with Gasteiger partial charge in [-0.05, 0) is 23.8 Å². The topological polar surface area (TPSA) is 49.3 Å². The van der Waals surface area contributed by atoms with Crippen molar-refractivity contribution in [3.63, 3.8) is 0 Å². The third-order valence-corrected chi connectivity index (χ3v) is 4.47. The predicted octanol–water partition coefficient (Wildman–Crippen LogP) is 3.76. The van der Waals surface area contributed by atoms with Crippen LogP contribution < -0.4 is 5.32 Å². The van der Waals surface area contributed by atoms with E-state index in [0.29, 0.717) is 18.1 Å². The molecule has 0 spiro atoms. The number of benzene rings is 2. The van der Waals surface area contributed by atoms with Crippen molar-refractivity contribution >= 4 is 24.2 Å². The molecule has 25 heavy (non-hydrogen) atoms. The highest BCUT2D eigenvalue weighted by Crippen LogP contribution is 2.57. The fourth-order valence-electron chi connectivity index (χ4n) is 2.86. The molecule has 0 amide bonds. The fourth-order valence-corrected chi connectivity index (χ4v) is 3.09. The van der Waals surface area contributed by atoms with E-state index in [4.69, 9.17) is 16.3 Å². The molecule has 0 saturated carbocycles. The second kappa shape index (κ2) is 7.87. The van der Waals surface area contributed by atoms with E-state index in [9.17, 15) is 4.39 Å².